The van der Waals surface area contributed by atoms with Gasteiger partial charge in [-0.05, 0) is 13.1 Å². The number of nitrogens with zero attached hydrogens (tertiary/aromatic N) is 1. The summed E-state index contributed by atoms with van der Waals surface area (Å²) in [5, 5.41) is 0. The Morgan fingerprint density at radius 1 is 1.27 bits per heavy atom. The summed E-state index contributed by atoms with van der Waals surface area (Å²) in [7, 11) is -2.71. The minimum atomic E-state index is -2.71. The van der Waals surface area contributed by atoms with Crippen molar-refractivity contribution < 1.29 is 8.42 Å². The van der Waals surface area contributed by atoms with E-state index in [2.05, 4.69) is 0 Å². The predicted octanol–water partition coefficient (Wildman–Crippen LogP) is 0.250. The molecule has 0 aliphatic carbocycles. The van der Waals surface area contributed by atoms with Crippen molar-refractivity contribution in [3.05, 3.63) is 12.3 Å². The first kappa shape index (κ1) is 8.59. The molecule has 1 saturated heterocycles. The number of sulfone groups is 1. The Labute approximate surface area is 67.6 Å². The van der Waals surface area contributed by atoms with E-state index in [-0.39, 0.29) is 0 Å². The van der Waals surface area contributed by atoms with Crippen LogP contribution in [0.3, 0.4) is 0 Å². The molecule has 1 heterocycles. The molecule has 3 nitrogen and oxygen atoms in total. The van der Waals surface area contributed by atoms with Crippen LogP contribution >= 0.6 is 0 Å². The minimum absolute atomic E-state index is 0.303. The summed E-state index contributed by atoms with van der Waals surface area (Å²) in [6.45, 7) is 3.22. The predicted molar refractivity (Wildman–Crippen MR) is 45.0 cm³/mol. The maximum atomic E-state index is 10.9. The second-order valence-corrected chi connectivity index (χ2v) is 4.97. The highest BCUT2D eigenvalue weighted by Gasteiger charge is 2.18. The molecule has 1 aliphatic heterocycles. The summed E-state index contributed by atoms with van der Waals surface area (Å²) in [4.78, 5) is 2.03. The van der Waals surface area contributed by atoms with Crippen LogP contribution in [0.1, 0.15) is 6.92 Å². The standard InChI is InChI=1S/C7H13NO2S/c1-2-3-8-4-6-11(9,10)7-5-8/h2-3H,4-7H2,1H3/b3-2+. The fourth-order valence-electron chi connectivity index (χ4n) is 1.09. The van der Waals surface area contributed by atoms with Crippen molar-refractivity contribution in [2.75, 3.05) is 24.6 Å². The molecule has 0 aromatic heterocycles. The molecular formula is C7H13NO2S. The fourth-order valence-corrected chi connectivity index (χ4v) is 2.32. The van der Waals surface area contributed by atoms with Gasteiger partial charge in [-0.3, -0.25) is 0 Å². The van der Waals surface area contributed by atoms with Crippen LogP contribution in [-0.4, -0.2) is 37.9 Å². The molecule has 0 aromatic carbocycles. The molecule has 0 spiro atoms. The summed E-state index contributed by atoms with van der Waals surface area (Å²) >= 11 is 0. The van der Waals surface area contributed by atoms with Crippen molar-refractivity contribution in [2.24, 2.45) is 0 Å². The fraction of sp³-hybridized carbons (Fsp3) is 0.714. The zero-order valence-corrected chi connectivity index (χ0v) is 7.47. The highest BCUT2D eigenvalue weighted by molar-refractivity contribution is 7.91. The van der Waals surface area contributed by atoms with Crippen molar-refractivity contribution in [3.8, 4) is 0 Å². The van der Waals surface area contributed by atoms with Crippen LogP contribution < -0.4 is 0 Å². The van der Waals surface area contributed by atoms with Gasteiger partial charge >= 0.3 is 0 Å². The number of rotatable bonds is 1. The maximum Gasteiger partial charge on any atom is 0.153 e. The van der Waals surface area contributed by atoms with Gasteiger partial charge in [0, 0.05) is 13.1 Å². The summed E-state index contributed by atoms with van der Waals surface area (Å²) < 4.78 is 21.9. The first-order chi connectivity index (χ1) is 5.14. The van der Waals surface area contributed by atoms with E-state index in [4.69, 9.17) is 0 Å². The molecule has 0 N–H and O–H groups in total. The van der Waals surface area contributed by atoms with E-state index in [0.717, 1.165) is 0 Å². The van der Waals surface area contributed by atoms with Crippen molar-refractivity contribution in [1.29, 1.82) is 0 Å². The van der Waals surface area contributed by atoms with Gasteiger partial charge in [-0.1, -0.05) is 6.08 Å². The van der Waals surface area contributed by atoms with Crippen LogP contribution in [0.2, 0.25) is 0 Å². The second-order valence-electron chi connectivity index (χ2n) is 2.67. The van der Waals surface area contributed by atoms with Gasteiger partial charge in [-0.15, -0.1) is 0 Å². The molecule has 11 heavy (non-hydrogen) atoms. The van der Waals surface area contributed by atoms with Crippen molar-refractivity contribution in [2.45, 2.75) is 6.92 Å². The van der Waals surface area contributed by atoms with E-state index in [1.54, 1.807) is 0 Å². The summed E-state index contributed by atoms with van der Waals surface area (Å²) in [5.41, 5.74) is 0. The quantitative estimate of drug-likeness (QED) is 0.573. The monoisotopic (exact) mass is 175 g/mol. The third kappa shape index (κ3) is 2.54. The topological polar surface area (TPSA) is 37.4 Å². The molecular weight excluding hydrogens is 162 g/mol. The third-order valence-corrected chi connectivity index (χ3v) is 3.35. The maximum absolute atomic E-state index is 10.9. The number of hydrogen-bond acceptors (Lipinski definition) is 3. The van der Waals surface area contributed by atoms with Crippen molar-refractivity contribution >= 4 is 9.84 Å². The Hall–Kier alpha value is -0.510. The van der Waals surface area contributed by atoms with Crippen molar-refractivity contribution in [3.63, 3.8) is 0 Å². The SMILES string of the molecule is C/C=C/N1CCS(=O)(=O)CC1. The number of hydrogen-bond donors (Lipinski definition) is 0. The summed E-state index contributed by atoms with van der Waals surface area (Å²) in [6, 6.07) is 0. The molecule has 0 atom stereocenters. The molecule has 1 fully saturated rings. The van der Waals surface area contributed by atoms with Crippen LogP contribution in [-0.2, 0) is 9.84 Å². The van der Waals surface area contributed by atoms with E-state index < -0.39 is 9.84 Å². The molecule has 1 rings (SSSR count). The zero-order valence-electron chi connectivity index (χ0n) is 6.66. The number of allylic oxidation sites excluding steroid dienone is 1. The largest absolute Gasteiger partial charge is 0.376 e. The average molecular weight is 175 g/mol. The van der Waals surface area contributed by atoms with Gasteiger partial charge in [0.1, 0.15) is 0 Å². The Kier molecular flexibility index (Phi) is 2.54. The van der Waals surface area contributed by atoms with E-state index in [9.17, 15) is 8.42 Å². The molecule has 0 saturated carbocycles. The molecule has 0 radical (unpaired) electrons. The van der Waals surface area contributed by atoms with E-state index in [1.807, 2.05) is 24.1 Å². The lowest BCUT2D eigenvalue weighted by atomic mass is 10.5. The van der Waals surface area contributed by atoms with Gasteiger partial charge < -0.3 is 4.90 Å². The molecule has 0 unspecified atom stereocenters. The molecule has 0 aromatic rings. The highest BCUT2D eigenvalue weighted by Crippen LogP contribution is 2.03. The Balaban J connectivity index is 2.49. The van der Waals surface area contributed by atoms with Crippen molar-refractivity contribution in [1.82, 2.24) is 4.90 Å². The van der Waals surface area contributed by atoms with E-state index in [0.29, 0.717) is 24.6 Å². The average Bonchev–Trinajstić information content (AvgIpc) is 1.94. The lowest BCUT2D eigenvalue weighted by Gasteiger charge is -2.24. The normalized spacial score (nSPS) is 24.3. The molecule has 1 aliphatic rings. The summed E-state index contributed by atoms with van der Waals surface area (Å²) in [5.74, 6) is 0.606. The van der Waals surface area contributed by atoms with E-state index in [1.165, 1.54) is 0 Å². The van der Waals surface area contributed by atoms with Gasteiger partial charge in [0.25, 0.3) is 0 Å². The minimum Gasteiger partial charge on any atom is -0.376 e. The Morgan fingerprint density at radius 2 is 1.82 bits per heavy atom. The highest BCUT2D eigenvalue weighted by atomic mass is 32.2. The van der Waals surface area contributed by atoms with Crippen LogP contribution in [0.15, 0.2) is 12.3 Å². The van der Waals surface area contributed by atoms with Crippen LogP contribution in [0.25, 0.3) is 0 Å². The van der Waals surface area contributed by atoms with Crippen LogP contribution in [0.4, 0.5) is 0 Å². The molecule has 64 valence electrons. The zero-order chi connectivity index (χ0) is 8.32. The Bertz CT molecular complexity index is 229. The molecule has 0 bridgehead atoms. The first-order valence-corrected chi connectivity index (χ1v) is 5.53. The van der Waals surface area contributed by atoms with Gasteiger partial charge in [0.05, 0.1) is 11.5 Å². The Morgan fingerprint density at radius 3 is 2.27 bits per heavy atom. The van der Waals surface area contributed by atoms with Crippen LogP contribution in [0.5, 0.6) is 0 Å². The third-order valence-electron chi connectivity index (χ3n) is 1.74. The van der Waals surface area contributed by atoms with Gasteiger partial charge in [0.15, 0.2) is 9.84 Å². The molecule has 4 heteroatoms. The van der Waals surface area contributed by atoms with E-state index >= 15 is 0 Å². The van der Waals surface area contributed by atoms with Gasteiger partial charge in [-0.2, -0.15) is 0 Å². The van der Waals surface area contributed by atoms with Gasteiger partial charge in [0.2, 0.25) is 0 Å². The first-order valence-electron chi connectivity index (χ1n) is 3.71. The van der Waals surface area contributed by atoms with Crippen LogP contribution in [0, 0.1) is 0 Å². The smallest absolute Gasteiger partial charge is 0.153 e. The second kappa shape index (κ2) is 3.26. The molecule has 0 amide bonds. The summed E-state index contributed by atoms with van der Waals surface area (Å²) in [6.07, 6.45) is 3.87. The lowest BCUT2D eigenvalue weighted by molar-refractivity contribution is 0.401. The lowest BCUT2D eigenvalue weighted by Crippen LogP contribution is -2.36. The van der Waals surface area contributed by atoms with Gasteiger partial charge in [-0.25, -0.2) is 8.42 Å².